The highest BCUT2D eigenvalue weighted by Crippen LogP contribution is 2.24. The quantitative estimate of drug-likeness (QED) is 0.889. The fourth-order valence-electron chi connectivity index (χ4n) is 3.12. The molecule has 1 aromatic carbocycles. The van der Waals surface area contributed by atoms with Gasteiger partial charge in [-0.05, 0) is 36.6 Å². The number of rotatable bonds is 5. The summed E-state index contributed by atoms with van der Waals surface area (Å²) in [5, 5.41) is 5.98. The van der Waals surface area contributed by atoms with Crippen molar-refractivity contribution in [3.05, 3.63) is 66.0 Å². The average molecular weight is 324 g/mol. The van der Waals surface area contributed by atoms with Gasteiger partial charge in [-0.3, -0.25) is 9.88 Å². The minimum absolute atomic E-state index is 0.106. The third-order valence-corrected chi connectivity index (χ3v) is 4.59. The first kappa shape index (κ1) is 16.5. The lowest BCUT2D eigenvalue weighted by molar-refractivity contribution is 0.231. The summed E-state index contributed by atoms with van der Waals surface area (Å²) in [5.74, 6) is 0. The molecule has 5 heteroatoms. The number of hydrogen-bond donors (Lipinski definition) is 2. The molecule has 24 heavy (non-hydrogen) atoms. The minimum Gasteiger partial charge on any atom is -0.334 e. The maximum Gasteiger partial charge on any atom is 0.315 e. The molecule has 3 rings (SSSR count). The first-order chi connectivity index (χ1) is 11.7. The standard InChI is InChI=1S/C19H24N4O/c1-15(17-5-3-2-4-6-17)23-12-9-18(14-23)22-19(24)21-13-16-7-10-20-11-8-16/h2-8,10-11,15,18H,9,12-14H2,1H3,(H2,21,22,24). The lowest BCUT2D eigenvalue weighted by Crippen LogP contribution is -2.43. The summed E-state index contributed by atoms with van der Waals surface area (Å²) in [6.07, 6.45) is 4.45. The van der Waals surface area contributed by atoms with Crippen molar-refractivity contribution in [3.8, 4) is 0 Å². The number of urea groups is 1. The van der Waals surface area contributed by atoms with Crippen LogP contribution in [0.25, 0.3) is 0 Å². The van der Waals surface area contributed by atoms with Gasteiger partial charge in [-0.2, -0.15) is 0 Å². The summed E-state index contributed by atoms with van der Waals surface area (Å²) in [6, 6.07) is 14.8. The van der Waals surface area contributed by atoms with Crippen molar-refractivity contribution in [2.75, 3.05) is 13.1 Å². The number of nitrogens with zero attached hydrogens (tertiary/aromatic N) is 2. The van der Waals surface area contributed by atoms with E-state index in [0.29, 0.717) is 12.6 Å². The Morgan fingerprint density at radius 2 is 2.00 bits per heavy atom. The van der Waals surface area contributed by atoms with Gasteiger partial charge in [0.1, 0.15) is 0 Å². The highest BCUT2D eigenvalue weighted by molar-refractivity contribution is 5.74. The third-order valence-electron chi connectivity index (χ3n) is 4.59. The Morgan fingerprint density at radius 1 is 1.25 bits per heavy atom. The molecule has 2 N–H and O–H groups in total. The van der Waals surface area contributed by atoms with E-state index in [-0.39, 0.29) is 12.1 Å². The first-order valence-corrected chi connectivity index (χ1v) is 8.44. The molecule has 2 amide bonds. The van der Waals surface area contributed by atoms with Crippen LogP contribution in [-0.2, 0) is 6.54 Å². The van der Waals surface area contributed by atoms with Gasteiger partial charge in [0.15, 0.2) is 0 Å². The molecular formula is C19H24N4O. The van der Waals surface area contributed by atoms with E-state index in [4.69, 9.17) is 0 Å². The minimum atomic E-state index is -0.106. The van der Waals surface area contributed by atoms with Gasteiger partial charge in [-0.15, -0.1) is 0 Å². The van der Waals surface area contributed by atoms with Gasteiger partial charge in [-0.1, -0.05) is 30.3 Å². The van der Waals surface area contributed by atoms with Crippen LogP contribution < -0.4 is 10.6 Å². The van der Waals surface area contributed by atoms with Crippen LogP contribution in [-0.4, -0.2) is 35.0 Å². The fraction of sp³-hybridized carbons (Fsp3) is 0.368. The van der Waals surface area contributed by atoms with E-state index in [1.165, 1.54) is 5.56 Å². The van der Waals surface area contributed by atoms with E-state index in [1.807, 2.05) is 18.2 Å². The van der Waals surface area contributed by atoms with E-state index in [9.17, 15) is 4.79 Å². The van der Waals surface area contributed by atoms with Crippen molar-refractivity contribution in [2.24, 2.45) is 0 Å². The van der Waals surface area contributed by atoms with Crippen molar-refractivity contribution in [2.45, 2.75) is 32.0 Å². The maximum absolute atomic E-state index is 12.1. The summed E-state index contributed by atoms with van der Waals surface area (Å²) in [4.78, 5) is 18.5. The number of carbonyl (C=O) groups is 1. The molecule has 2 atom stereocenters. The molecule has 0 aliphatic carbocycles. The molecule has 1 aromatic heterocycles. The van der Waals surface area contributed by atoms with Gasteiger partial charge in [-0.25, -0.2) is 4.79 Å². The van der Waals surface area contributed by atoms with Crippen LogP contribution >= 0.6 is 0 Å². The van der Waals surface area contributed by atoms with Crippen LogP contribution in [0.15, 0.2) is 54.9 Å². The number of carbonyl (C=O) groups excluding carboxylic acids is 1. The SMILES string of the molecule is CC(c1ccccc1)N1CCC(NC(=O)NCc2ccncc2)C1. The van der Waals surface area contributed by atoms with E-state index in [1.54, 1.807) is 12.4 Å². The summed E-state index contributed by atoms with van der Waals surface area (Å²) < 4.78 is 0. The van der Waals surface area contributed by atoms with Crippen molar-refractivity contribution in [3.63, 3.8) is 0 Å². The lowest BCUT2D eigenvalue weighted by atomic mass is 10.1. The Labute approximate surface area is 143 Å². The van der Waals surface area contributed by atoms with Gasteiger partial charge in [0.05, 0.1) is 0 Å². The summed E-state index contributed by atoms with van der Waals surface area (Å²) >= 11 is 0. The monoisotopic (exact) mass is 324 g/mol. The molecule has 1 fully saturated rings. The van der Waals surface area contributed by atoms with Gasteiger partial charge >= 0.3 is 6.03 Å². The van der Waals surface area contributed by atoms with Crippen LogP contribution in [0.2, 0.25) is 0 Å². The Bertz CT molecular complexity index is 647. The normalized spacial score (nSPS) is 19.0. The molecule has 1 aliphatic heterocycles. The molecule has 5 nitrogen and oxygen atoms in total. The zero-order valence-corrected chi connectivity index (χ0v) is 14.0. The number of likely N-dealkylation sites (tertiary alicyclic amines) is 1. The largest absolute Gasteiger partial charge is 0.334 e. The zero-order chi connectivity index (χ0) is 16.8. The smallest absolute Gasteiger partial charge is 0.315 e. The molecule has 2 unspecified atom stereocenters. The van der Waals surface area contributed by atoms with Gasteiger partial charge in [0.25, 0.3) is 0 Å². The first-order valence-electron chi connectivity index (χ1n) is 8.44. The highest BCUT2D eigenvalue weighted by atomic mass is 16.2. The number of amides is 2. The van der Waals surface area contributed by atoms with Crippen molar-refractivity contribution in [1.29, 1.82) is 0 Å². The van der Waals surface area contributed by atoms with E-state index in [2.05, 4.69) is 51.7 Å². The Balaban J connectivity index is 1.45. The highest BCUT2D eigenvalue weighted by Gasteiger charge is 2.27. The van der Waals surface area contributed by atoms with Crippen LogP contribution in [0, 0.1) is 0 Å². The molecular weight excluding hydrogens is 300 g/mol. The van der Waals surface area contributed by atoms with E-state index < -0.39 is 0 Å². The number of benzene rings is 1. The topological polar surface area (TPSA) is 57.3 Å². The van der Waals surface area contributed by atoms with Crippen LogP contribution in [0.3, 0.4) is 0 Å². The number of hydrogen-bond acceptors (Lipinski definition) is 3. The van der Waals surface area contributed by atoms with Crippen molar-refractivity contribution in [1.82, 2.24) is 20.5 Å². The summed E-state index contributed by atoms with van der Waals surface area (Å²) in [6.45, 7) is 4.64. The second kappa shape index (κ2) is 7.93. The predicted molar refractivity (Wildman–Crippen MR) is 94.4 cm³/mol. The fourth-order valence-corrected chi connectivity index (χ4v) is 3.12. The molecule has 0 radical (unpaired) electrons. The molecule has 126 valence electrons. The molecule has 1 aliphatic rings. The van der Waals surface area contributed by atoms with Crippen LogP contribution in [0.5, 0.6) is 0 Å². The predicted octanol–water partition coefficient (Wildman–Crippen LogP) is 2.72. The number of nitrogens with one attached hydrogen (secondary N) is 2. The van der Waals surface area contributed by atoms with Gasteiger partial charge in [0.2, 0.25) is 0 Å². The van der Waals surface area contributed by atoms with Crippen LogP contribution in [0.4, 0.5) is 4.79 Å². The van der Waals surface area contributed by atoms with E-state index >= 15 is 0 Å². The maximum atomic E-state index is 12.1. The average Bonchev–Trinajstić information content (AvgIpc) is 3.09. The zero-order valence-electron chi connectivity index (χ0n) is 14.0. The lowest BCUT2D eigenvalue weighted by Gasteiger charge is -2.24. The summed E-state index contributed by atoms with van der Waals surface area (Å²) in [5.41, 5.74) is 2.37. The molecule has 2 heterocycles. The Hall–Kier alpha value is -2.40. The molecule has 0 spiro atoms. The van der Waals surface area contributed by atoms with Gasteiger partial charge in [0, 0.05) is 44.1 Å². The van der Waals surface area contributed by atoms with Crippen molar-refractivity contribution >= 4 is 6.03 Å². The molecule has 0 saturated carbocycles. The van der Waals surface area contributed by atoms with E-state index in [0.717, 1.165) is 25.1 Å². The van der Waals surface area contributed by atoms with Gasteiger partial charge < -0.3 is 10.6 Å². The van der Waals surface area contributed by atoms with Crippen molar-refractivity contribution < 1.29 is 4.79 Å². The third kappa shape index (κ3) is 4.32. The van der Waals surface area contributed by atoms with Crippen LogP contribution in [0.1, 0.15) is 30.5 Å². The molecule has 0 bridgehead atoms. The second-order valence-corrected chi connectivity index (χ2v) is 6.25. The number of pyridine rings is 1. The summed E-state index contributed by atoms with van der Waals surface area (Å²) in [7, 11) is 0. The second-order valence-electron chi connectivity index (χ2n) is 6.25. The Morgan fingerprint density at radius 3 is 2.75 bits per heavy atom. The Kier molecular flexibility index (Phi) is 5.43. The molecule has 1 saturated heterocycles. The number of aromatic nitrogens is 1. The molecule has 2 aromatic rings.